The molecular weight excluding hydrogens is 544 g/mol. The Morgan fingerprint density at radius 1 is 0.949 bits per heavy atom. The van der Waals surface area contributed by atoms with Crippen molar-refractivity contribution in [3.8, 4) is 11.5 Å². The van der Waals surface area contributed by atoms with E-state index in [1.54, 1.807) is 48.5 Å². The first-order valence-electron chi connectivity index (χ1n) is 11.7. The summed E-state index contributed by atoms with van der Waals surface area (Å²) in [7, 11) is -2.86. The Kier molecular flexibility index (Phi) is 8.58. The summed E-state index contributed by atoms with van der Waals surface area (Å²) in [6.07, 6.45) is 1.51. The number of carbonyl (C=O) groups excluding carboxylic acids is 2. The molecule has 1 N–H and O–H groups in total. The monoisotopic (exact) mass is 568 g/mol. The number of nitrogens with zero attached hydrogens (tertiary/aromatic N) is 1. The van der Waals surface area contributed by atoms with Crippen molar-refractivity contribution < 1.29 is 31.3 Å². The lowest BCUT2D eigenvalue weighted by Crippen LogP contribution is -2.30. The lowest BCUT2D eigenvalue weighted by Gasteiger charge is -2.23. The summed E-state index contributed by atoms with van der Waals surface area (Å²) in [5, 5.41) is 2.88. The van der Waals surface area contributed by atoms with E-state index in [0.29, 0.717) is 27.6 Å². The average Bonchev–Trinajstić information content (AvgIpc) is 3.41. The van der Waals surface area contributed by atoms with Gasteiger partial charge in [0.05, 0.1) is 30.5 Å². The van der Waals surface area contributed by atoms with Gasteiger partial charge >= 0.3 is 10.1 Å². The van der Waals surface area contributed by atoms with Crippen molar-refractivity contribution in [3.63, 3.8) is 0 Å². The van der Waals surface area contributed by atoms with Crippen LogP contribution in [0.4, 0.5) is 5.69 Å². The normalized spacial score (nSPS) is 11.1. The first-order valence-corrected chi connectivity index (χ1v) is 13.5. The van der Waals surface area contributed by atoms with Crippen LogP contribution >= 0.6 is 11.6 Å². The summed E-state index contributed by atoms with van der Waals surface area (Å²) >= 11 is 6.28. The Morgan fingerprint density at radius 3 is 2.33 bits per heavy atom. The Labute approximate surface area is 231 Å². The van der Waals surface area contributed by atoms with Gasteiger partial charge in [-0.25, -0.2) is 0 Å². The second kappa shape index (κ2) is 12.1. The Balaban J connectivity index is 1.61. The largest absolute Gasteiger partial charge is 0.493 e. The number of halogens is 1. The van der Waals surface area contributed by atoms with Gasteiger partial charge in [-0.15, -0.1) is 0 Å². The third-order valence-corrected chi connectivity index (χ3v) is 7.16. The molecule has 0 radical (unpaired) electrons. The highest BCUT2D eigenvalue weighted by molar-refractivity contribution is 7.87. The van der Waals surface area contributed by atoms with Gasteiger partial charge in [-0.1, -0.05) is 29.8 Å². The maximum absolute atomic E-state index is 13.4. The van der Waals surface area contributed by atoms with Crippen molar-refractivity contribution in [2.75, 3.05) is 12.4 Å². The molecule has 0 spiro atoms. The van der Waals surface area contributed by atoms with Crippen molar-refractivity contribution in [1.29, 1.82) is 0 Å². The molecule has 202 valence electrons. The van der Waals surface area contributed by atoms with Gasteiger partial charge in [0.15, 0.2) is 11.5 Å². The molecule has 4 rings (SSSR count). The number of furan rings is 1. The van der Waals surface area contributed by atoms with Crippen LogP contribution in [0.25, 0.3) is 0 Å². The molecule has 0 aliphatic carbocycles. The van der Waals surface area contributed by atoms with Crippen LogP contribution in [0.3, 0.4) is 0 Å². The second-order valence-electron chi connectivity index (χ2n) is 8.45. The van der Waals surface area contributed by atoms with Crippen molar-refractivity contribution in [1.82, 2.24) is 4.90 Å². The van der Waals surface area contributed by atoms with Crippen LogP contribution in [0, 0.1) is 0 Å². The smallest absolute Gasteiger partial charge is 0.339 e. The number of methoxy groups -OCH3 is 1. The van der Waals surface area contributed by atoms with Crippen molar-refractivity contribution >= 4 is 39.2 Å². The number of anilines is 1. The van der Waals surface area contributed by atoms with Crippen LogP contribution in [0.1, 0.15) is 28.6 Å². The van der Waals surface area contributed by atoms with Crippen LogP contribution in [0.2, 0.25) is 5.02 Å². The number of hydrogen-bond donors (Lipinski definition) is 1. The number of nitrogens with one attached hydrogen (secondary N) is 1. The highest BCUT2D eigenvalue weighted by atomic mass is 35.5. The summed E-state index contributed by atoms with van der Waals surface area (Å²) in [4.78, 5) is 26.1. The molecule has 4 aromatic rings. The van der Waals surface area contributed by atoms with Gasteiger partial charge in [-0.3, -0.25) is 9.59 Å². The second-order valence-corrected chi connectivity index (χ2v) is 10.4. The topological polar surface area (TPSA) is 115 Å². The number of hydrogen-bond acceptors (Lipinski definition) is 7. The van der Waals surface area contributed by atoms with E-state index in [9.17, 15) is 18.0 Å². The molecule has 3 aromatic carbocycles. The first kappa shape index (κ1) is 27.7. The number of benzene rings is 3. The van der Waals surface area contributed by atoms with E-state index in [1.807, 2.05) is 0 Å². The Hall–Kier alpha value is -4.28. The molecule has 0 atom stereocenters. The fourth-order valence-corrected chi connectivity index (χ4v) is 4.92. The molecular formula is C28H25ClN2O7S. The summed E-state index contributed by atoms with van der Waals surface area (Å²) < 4.78 is 42.3. The zero-order valence-electron chi connectivity index (χ0n) is 21.1. The molecule has 11 heteroatoms. The predicted octanol–water partition coefficient (Wildman–Crippen LogP) is 5.51. The van der Waals surface area contributed by atoms with E-state index in [0.717, 1.165) is 0 Å². The lowest BCUT2D eigenvalue weighted by atomic mass is 10.1. The number of rotatable bonds is 10. The quantitative estimate of drug-likeness (QED) is 0.251. The van der Waals surface area contributed by atoms with Crippen LogP contribution in [0.5, 0.6) is 11.5 Å². The average molecular weight is 569 g/mol. The minimum Gasteiger partial charge on any atom is -0.493 e. The van der Waals surface area contributed by atoms with Gasteiger partial charge in [0, 0.05) is 19.2 Å². The summed E-state index contributed by atoms with van der Waals surface area (Å²) in [5.74, 6) is 0.0849. The minimum absolute atomic E-state index is 0.0518. The van der Waals surface area contributed by atoms with Gasteiger partial charge < -0.3 is 23.6 Å². The molecule has 0 saturated carbocycles. The summed E-state index contributed by atoms with van der Waals surface area (Å²) in [6, 6.07) is 20.5. The molecule has 1 heterocycles. The van der Waals surface area contributed by atoms with E-state index in [4.69, 9.17) is 24.9 Å². The molecule has 0 aliphatic heterocycles. The minimum atomic E-state index is -4.25. The van der Waals surface area contributed by atoms with E-state index < -0.39 is 10.1 Å². The third kappa shape index (κ3) is 6.98. The molecule has 0 saturated heterocycles. The number of carbonyl (C=O) groups is 2. The van der Waals surface area contributed by atoms with Crippen LogP contribution in [-0.4, -0.2) is 32.2 Å². The first-order chi connectivity index (χ1) is 18.7. The third-order valence-electron chi connectivity index (χ3n) is 5.58. The number of amides is 2. The van der Waals surface area contributed by atoms with E-state index in [2.05, 4.69) is 5.32 Å². The maximum atomic E-state index is 13.4. The van der Waals surface area contributed by atoms with Crippen molar-refractivity contribution in [2.24, 2.45) is 0 Å². The van der Waals surface area contributed by atoms with Gasteiger partial charge in [0.2, 0.25) is 5.91 Å². The summed E-state index contributed by atoms with van der Waals surface area (Å²) in [5.41, 5.74) is 1.34. The predicted molar refractivity (Wildman–Crippen MR) is 145 cm³/mol. The van der Waals surface area contributed by atoms with Crippen molar-refractivity contribution in [3.05, 3.63) is 107 Å². The highest BCUT2D eigenvalue weighted by Gasteiger charge is 2.23. The standard InChI is InChI=1S/C28H25ClN2O7S/c1-19(32)30-21-10-12-23(13-11-21)39(34,35)38-27-16-20(9-14-26(27)36-2)17-31(18-22-6-5-15-37-22)28(33)24-7-3-4-8-25(24)29/h3-16H,17-18H2,1-2H3,(H,30,32). The van der Waals surface area contributed by atoms with Crippen LogP contribution in [-0.2, 0) is 28.0 Å². The molecule has 39 heavy (non-hydrogen) atoms. The number of ether oxygens (including phenoxy) is 1. The summed E-state index contributed by atoms with van der Waals surface area (Å²) in [6.45, 7) is 1.60. The van der Waals surface area contributed by atoms with Crippen LogP contribution in [0.15, 0.2) is 94.4 Å². The Morgan fingerprint density at radius 2 is 1.69 bits per heavy atom. The SMILES string of the molecule is COc1ccc(CN(Cc2ccco2)C(=O)c2ccccc2Cl)cc1OS(=O)(=O)c1ccc(NC(C)=O)cc1. The molecule has 0 aliphatic rings. The molecule has 0 fully saturated rings. The fraction of sp³-hybridized carbons (Fsp3) is 0.143. The highest BCUT2D eigenvalue weighted by Crippen LogP contribution is 2.32. The molecule has 0 bridgehead atoms. The van der Waals surface area contributed by atoms with Gasteiger partial charge in [0.25, 0.3) is 5.91 Å². The zero-order chi connectivity index (χ0) is 28.0. The van der Waals surface area contributed by atoms with E-state index >= 15 is 0 Å². The van der Waals surface area contributed by atoms with E-state index in [-0.39, 0.29) is 41.3 Å². The van der Waals surface area contributed by atoms with Gasteiger partial charge in [-0.2, -0.15) is 8.42 Å². The molecule has 2 amide bonds. The van der Waals surface area contributed by atoms with Crippen molar-refractivity contribution in [2.45, 2.75) is 24.9 Å². The zero-order valence-corrected chi connectivity index (χ0v) is 22.7. The van der Waals surface area contributed by atoms with Crippen LogP contribution < -0.4 is 14.2 Å². The van der Waals surface area contributed by atoms with E-state index in [1.165, 1.54) is 55.5 Å². The molecule has 0 unspecified atom stereocenters. The lowest BCUT2D eigenvalue weighted by molar-refractivity contribution is -0.114. The Bertz CT molecular complexity index is 1570. The fourth-order valence-electron chi connectivity index (χ4n) is 3.77. The molecule has 1 aromatic heterocycles. The van der Waals surface area contributed by atoms with Gasteiger partial charge in [0.1, 0.15) is 10.7 Å². The molecule has 9 nitrogen and oxygen atoms in total. The van der Waals surface area contributed by atoms with Gasteiger partial charge in [-0.05, 0) is 66.2 Å². The maximum Gasteiger partial charge on any atom is 0.339 e.